The van der Waals surface area contributed by atoms with E-state index in [4.69, 9.17) is 23.2 Å². The molecule has 0 N–H and O–H groups in total. The molecule has 0 unspecified atom stereocenters. The van der Waals surface area contributed by atoms with Crippen molar-refractivity contribution in [2.75, 3.05) is 7.05 Å². The molecule has 0 fully saturated rings. The number of amides is 1. The molecule has 0 aliphatic rings. The lowest BCUT2D eigenvalue weighted by Gasteiger charge is -2.17. The highest BCUT2D eigenvalue weighted by molar-refractivity contribution is 9.11. The number of thiophene rings is 1. The second-order valence-corrected chi connectivity index (χ2v) is 7.31. The fourth-order valence-electron chi connectivity index (χ4n) is 1.59. The Morgan fingerprint density at radius 1 is 1.32 bits per heavy atom. The first kappa shape index (κ1) is 14.9. The topological polar surface area (TPSA) is 20.3 Å². The maximum absolute atomic E-state index is 12.2. The van der Waals surface area contributed by atoms with Gasteiger partial charge in [-0.2, -0.15) is 0 Å². The van der Waals surface area contributed by atoms with Gasteiger partial charge in [-0.15, -0.1) is 11.3 Å². The quantitative estimate of drug-likeness (QED) is 0.728. The Hall–Kier alpha value is -0.550. The molecule has 0 spiro atoms. The van der Waals surface area contributed by atoms with Gasteiger partial charge in [-0.3, -0.25) is 4.79 Å². The Labute approximate surface area is 134 Å². The third-order valence-corrected chi connectivity index (χ3v) is 4.75. The Morgan fingerprint density at radius 2 is 2.05 bits per heavy atom. The van der Waals surface area contributed by atoms with Crippen LogP contribution in [0.3, 0.4) is 0 Å². The van der Waals surface area contributed by atoms with E-state index >= 15 is 0 Å². The minimum absolute atomic E-state index is 0.0262. The van der Waals surface area contributed by atoms with Crippen LogP contribution in [0.2, 0.25) is 10.0 Å². The Balaban J connectivity index is 2.12. The van der Waals surface area contributed by atoms with Crippen LogP contribution in [0, 0.1) is 0 Å². The molecule has 0 aliphatic carbocycles. The molecule has 0 saturated heterocycles. The van der Waals surface area contributed by atoms with Gasteiger partial charge in [-0.1, -0.05) is 29.3 Å². The van der Waals surface area contributed by atoms with E-state index in [-0.39, 0.29) is 5.91 Å². The number of benzene rings is 1. The van der Waals surface area contributed by atoms with E-state index in [1.807, 2.05) is 12.1 Å². The first-order chi connectivity index (χ1) is 8.97. The fourth-order valence-corrected chi connectivity index (χ4v) is 3.44. The summed E-state index contributed by atoms with van der Waals surface area (Å²) in [4.78, 5) is 14.5. The van der Waals surface area contributed by atoms with E-state index in [9.17, 15) is 4.79 Å². The molecule has 1 aromatic heterocycles. The molecule has 2 rings (SSSR count). The summed E-state index contributed by atoms with van der Waals surface area (Å²) in [5, 5.41) is 1.16. The third kappa shape index (κ3) is 3.72. The number of carbonyl (C=O) groups excluding carboxylic acids is 1. The van der Waals surface area contributed by atoms with E-state index in [2.05, 4.69) is 15.9 Å². The van der Waals surface area contributed by atoms with Gasteiger partial charge in [0.05, 0.1) is 8.66 Å². The third-order valence-electron chi connectivity index (χ3n) is 2.55. The number of hydrogen-bond acceptors (Lipinski definition) is 2. The van der Waals surface area contributed by atoms with Crippen LogP contribution in [0.15, 0.2) is 34.1 Å². The van der Waals surface area contributed by atoms with Crippen molar-refractivity contribution < 1.29 is 4.79 Å². The summed E-state index contributed by atoms with van der Waals surface area (Å²) in [6, 6.07) is 8.94. The van der Waals surface area contributed by atoms with Crippen LogP contribution in [-0.2, 0) is 6.54 Å². The second kappa shape index (κ2) is 6.27. The van der Waals surface area contributed by atoms with Gasteiger partial charge in [-0.25, -0.2) is 0 Å². The van der Waals surface area contributed by atoms with Crippen LogP contribution in [0.4, 0.5) is 0 Å². The standard InChI is InChI=1S/C13H10BrCl2NOS/c1-17(13(18)11-4-5-12(14)19-11)7-8-2-3-9(15)6-10(8)16/h2-6H,7H2,1H3. The molecule has 19 heavy (non-hydrogen) atoms. The molecular formula is C13H10BrCl2NOS. The predicted octanol–water partition coefficient (Wildman–Crippen LogP) is 5.09. The van der Waals surface area contributed by atoms with Crippen LogP contribution in [-0.4, -0.2) is 17.9 Å². The lowest BCUT2D eigenvalue weighted by atomic mass is 10.2. The zero-order valence-corrected chi connectivity index (χ0v) is 13.9. The van der Waals surface area contributed by atoms with E-state index in [1.54, 1.807) is 30.1 Å². The molecule has 0 radical (unpaired) electrons. The SMILES string of the molecule is CN(Cc1ccc(Cl)cc1Cl)C(=O)c1ccc(Br)s1. The van der Waals surface area contributed by atoms with Crippen molar-refractivity contribution in [2.45, 2.75) is 6.54 Å². The number of rotatable bonds is 3. The minimum Gasteiger partial charge on any atom is -0.337 e. The van der Waals surface area contributed by atoms with Gasteiger partial charge in [0, 0.05) is 23.6 Å². The number of carbonyl (C=O) groups is 1. The molecule has 0 saturated carbocycles. The first-order valence-corrected chi connectivity index (χ1v) is 7.78. The van der Waals surface area contributed by atoms with Crippen LogP contribution in [0.25, 0.3) is 0 Å². The maximum atomic E-state index is 12.2. The summed E-state index contributed by atoms with van der Waals surface area (Å²) >= 11 is 16.7. The Bertz CT molecular complexity index is 614. The van der Waals surface area contributed by atoms with Crippen LogP contribution in [0.5, 0.6) is 0 Å². The predicted molar refractivity (Wildman–Crippen MR) is 84.3 cm³/mol. The summed E-state index contributed by atoms with van der Waals surface area (Å²) in [6.07, 6.45) is 0. The average molecular weight is 379 g/mol. The molecule has 0 aliphatic heterocycles. The van der Waals surface area contributed by atoms with Gasteiger partial charge >= 0.3 is 0 Å². The van der Waals surface area contributed by atoms with Gasteiger partial charge < -0.3 is 4.90 Å². The highest BCUT2D eigenvalue weighted by atomic mass is 79.9. The van der Waals surface area contributed by atoms with Crippen molar-refractivity contribution in [3.8, 4) is 0 Å². The van der Waals surface area contributed by atoms with E-state index < -0.39 is 0 Å². The molecule has 0 atom stereocenters. The van der Waals surface area contributed by atoms with E-state index in [1.165, 1.54) is 11.3 Å². The summed E-state index contributed by atoms with van der Waals surface area (Å²) in [5.41, 5.74) is 0.873. The highest BCUT2D eigenvalue weighted by Crippen LogP contribution is 2.25. The number of hydrogen-bond donors (Lipinski definition) is 0. The van der Waals surface area contributed by atoms with Crippen LogP contribution < -0.4 is 0 Å². The lowest BCUT2D eigenvalue weighted by molar-refractivity contribution is 0.0790. The minimum atomic E-state index is -0.0262. The monoisotopic (exact) mass is 377 g/mol. The summed E-state index contributed by atoms with van der Waals surface area (Å²) in [6.45, 7) is 0.449. The van der Waals surface area contributed by atoms with Crippen molar-refractivity contribution in [3.63, 3.8) is 0 Å². The molecule has 1 heterocycles. The largest absolute Gasteiger partial charge is 0.337 e. The van der Waals surface area contributed by atoms with Crippen LogP contribution in [0.1, 0.15) is 15.2 Å². The molecule has 0 bridgehead atoms. The maximum Gasteiger partial charge on any atom is 0.264 e. The molecular weight excluding hydrogens is 369 g/mol. The van der Waals surface area contributed by atoms with Crippen molar-refractivity contribution >= 4 is 56.4 Å². The molecule has 2 nitrogen and oxygen atoms in total. The molecule has 6 heteroatoms. The Kier molecular flexibility index (Phi) is 4.90. The molecule has 100 valence electrons. The van der Waals surface area contributed by atoms with Crippen molar-refractivity contribution in [1.82, 2.24) is 4.90 Å². The first-order valence-electron chi connectivity index (χ1n) is 5.42. The molecule has 1 amide bonds. The molecule has 1 aromatic carbocycles. The smallest absolute Gasteiger partial charge is 0.264 e. The van der Waals surface area contributed by atoms with Crippen molar-refractivity contribution in [3.05, 3.63) is 54.6 Å². The van der Waals surface area contributed by atoms with Gasteiger partial charge in [0.1, 0.15) is 0 Å². The zero-order valence-electron chi connectivity index (χ0n) is 9.99. The van der Waals surface area contributed by atoms with E-state index in [0.29, 0.717) is 21.5 Å². The van der Waals surface area contributed by atoms with Gasteiger partial charge in [0.15, 0.2) is 0 Å². The zero-order chi connectivity index (χ0) is 14.0. The normalized spacial score (nSPS) is 10.5. The highest BCUT2D eigenvalue weighted by Gasteiger charge is 2.15. The summed E-state index contributed by atoms with van der Waals surface area (Å²) in [5.74, 6) is -0.0262. The summed E-state index contributed by atoms with van der Waals surface area (Å²) < 4.78 is 0.939. The van der Waals surface area contributed by atoms with Crippen molar-refractivity contribution in [2.24, 2.45) is 0 Å². The Morgan fingerprint density at radius 3 is 2.63 bits per heavy atom. The van der Waals surface area contributed by atoms with Gasteiger partial charge in [0.25, 0.3) is 5.91 Å². The van der Waals surface area contributed by atoms with E-state index in [0.717, 1.165) is 9.35 Å². The molecule has 2 aromatic rings. The average Bonchev–Trinajstić information content (AvgIpc) is 2.78. The lowest BCUT2D eigenvalue weighted by Crippen LogP contribution is -2.25. The number of halogens is 3. The van der Waals surface area contributed by atoms with Crippen molar-refractivity contribution in [1.29, 1.82) is 0 Å². The van der Waals surface area contributed by atoms with Gasteiger partial charge in [-0.05, 0) is 45.8 Å². The van der Waals surface area contributed by atoms with Gasteiger partial charge in [0.2, 0.25) is 0 Å². The second-order valence-electron chi connectivity index (χ2n) is 4.00. The van der Waals surface area contributed by atoms with Crippen LogP contribution >= 0.6 is 50.5 Å². The fraction of sp³-hybridized carbons (Fsp3) is 0.154. The number of nitrogens with zero attached hydrogens (tertiary/aromatic N) is 1. The summed E-state index contributed by atoms with van der Waals surface area (Å²) in [7, 11) is 1.75.